The number of rotatable bonds is 9. The molecule has 0 saturated carbocycles. The van der Waals surface area contributed by atoms with Gasteiger partial charge in [-0.3, -0.25) is 4.90 Å². The number of halogens is 3. The maximum Gasteiger partial charge on any atom is 0.416 e. The molecule has 6 nitrogen and oxygen atoms in total. The number of benzene rings is 2. The van der Waals surface area contributed by atoms with Crippen LogP contribution >= 0.6 is 0 Å². The van der Waals surface area contributed by atoms with E-state index in [1.54, 1.807) is 30.3 Å². The molecule has 0 radical (unpaired) electrons. The summed E-state index contributed by atoms with van der Waals surface area (Å²) in [4.78, 5) is 26.0. The molecule has 2 aromatic carbocycles. The number of alkyl halides is 3. The van der Waals surface area contributed by atoms with Gasteiger partial charge in [0.25, 0.3) is 0 Å². The minimum atomic E-state index is -4.50. The van der Waals surface area contributed by atoms with Gasteiger partial charge in [-0.2, -0.15) is 13.2 Å². The predicted molar refractivity (Wildman–Crippen MR) is 115 cm³/mol. The molecule has 2 rings (SSSR count). The van der Waals surface area contributed by atoms with E-state index in [9.17, 15) is 22.8 Å². The van der Waals surface area contributed by atoms with E-state index in [4.69, 9.17) is 0 Å². The third-order valence-corrected chi connectivity index (χ3v) is 4.41. The second-order valence-corrected chi connectivity index (χ2v) is 6.89. The highest BCUT2D eigenvalue weighted by atomic mass is 19.4. The number of hydrogen-bond acceptors (Lipinski definition) is 2. The highest BCUT2D eigenvalue weighted by Crippen LogP contribution is 2.30. The van der Waals surface area contributed by atoms with Crippen molar-refractivity contribution in [3.63, 3.8) is 0 Å². The van der Waals surface area contributed by atoms with Crippen molar-refractivity contribution in [1.82, 2.24) is 10.6 Å². The molecule has 0 aliphatic carbocycles. The Balaban J connectivity index is 1.99. The van der Waals surface area contributed by atoms with E-state index >= 15 is 0 Å². The molecule has 2 aromatic rings. The summed E-state index contributed by atoms with van der Waals surface area (Å²) in [5.74, 6) is 0. The minimum Gasteiger partial charge on any atom is -0.338 e. The number of unbranched alkanes of at least 4 members (excludes halogenated alkanes) is 1. The Morgan fingerprint density at radius 3 is 2.26 bits per heavy atom. The summed E-state index contributed by atoms with van der Waals surface area (Å²) in [6.45, 7) is 3.24. The van der Waals surface area contributed by atoms with E-state index in [1.807, 2.05) is 6.92 Å². The standard InChI is InChI=1S/C22H27F3N4O2/c1-2-3-13-26-20(30)27-14-8-15-29(19-11-5-4-6-12-19)21(31)28-18-10-7-9-17(16-18)22(23,24)25/h4-7,9-12,16H,2-3,8,13-15H2,1H3,(H,28,31)(H2,26,27,30). The first kappa shape index (κ1) is 24.0. The summed E-state index contributed by atoms with van der Waals surface area (Å²) in [7, 11) is 0. The molecule has 168 valence electrons. The second kappa shape index (κ2) is 11.8. The number of para-hydroxylation sites is 1. The number of nitrogens with zero attached hydrogens (tertiary/aromatic N) is 1. The molecule has 0 heterocycles. The molecule has 0 unspecified atom stereocenters. The number of hydrogen-bond donors (Lipinski definition) is 3. The van der Waals surface area contributed by atoms with Crippen molar-refractivity contribution in [3.05, 3.63) is 60.2 Å². The number of amides is 4. The van der Waals surface area contributed by atoms with E-state index in [-0.39, 0.29) is 18.3 Å². The smallest absolute Gasteiger partial charge is 0.338 e. The summed E-state index contributed by atoms with van der Waals surface area (Å²) >= 11 is 0. The first-order valence-electron chi connectivity index (χ1n) is 10.1. The monoisotopic (exact) mass is 436 g/mol. The van der Waals surface area contributed by atoms with Crippen molar-refractivity contribution >= 4 is 23.4 Å². The van der Waals surface area contributed by atoms with E-state index in [1.165, 1.54) is 17.0 Å². The molecule has 0 fully saturated rings. The van der Waals surface area contributed by atoms with E-state index in [0.29, 0.717) is 25.2 Å². The Morgan fingerprint density at radius 1 is 0.935 bits per heavy atom. The minimum absolute atomic E-state index is 0.0502. The lowest BCUT2D eigenvalue weighted by molar-refractivity contribution is -0.137. The summed E-state index contributed by atoms with van der Waals surface area (Å²) < 4.78 is 38.8. The number of carbonyl (C=O) groups excluding carboxylic acids is 2. The van der Waals surface area contributed by atoms with Gasteiger partial charge in [-0.15, -0.1) is 0 Å². The van der Waals surface area contributed by atoms with Crippen LogP contribution in [0.25, 0.3) is 0 Å². The number of carbonyl (C=O) groups is 2. The third-order valence-electron chi connectivity index (χ3n) is 4.41. The molecular formula is C22H27F3N4O2. The average Bonchev–Trinajstić information content (AvgIpc) is 2.74. The van der Waals surface area contributed by atoms with Crippen LogP contribution in [0.5, 0.6) is 0 Å². The molecule has 0 aliphatic heterocycles. The van der Waals surface area contributed by atoms with Crippen LogP contribution in [0.15, 0.2) is 54.6 Å². The summed E-state index contributed by atoms with van der Waals surface area (Å²) in [6.07, 6.45) is -2.16. The molecule has 0 aliphatic rings. The Labute approximate surface area is 179 Å². The molecule has 0 aromatic heterocycles. The van der Waals surface area contributed by atoms with Gasteiger partial charge in [0.15, 0.2) is 0 Å². The highest BCUT2D eigenvalue weighted by Gasteiger charge is 2.30. The van der Waals surface area contributed by atoms with Crippen molar-refractivity contribution in [2.45, 2.75) is 32.4 Å². The lowest BCUT2D eigenvalue weighted by Gasteiger charge is -2.23. The zero-order chi connectivity index (χ0) is 22.7. The van der Waals surface area contributed by atoms with Gasteiger partial charge in [-0.1, -0.05) is 37.6 Å². The van der Waals surface area contributed by atoms with Crippen LogP contribution in [-0.2, 0) is 6.18 Å². The highest BCUT2D eigenvalue weighted by molar-refractivity contribution is 6.01. The quantitative estimate of drug-likeness (QED) is 0.471. The van der Waals surface area contributed by atoms with Crippen LogP contribution in [0, 0.1) is 0 Å². The summed E-state index contributed by atoms with van der Waals surface area (Å²) in [6, 6.07) is 12.4. The lowest BCUT2D eigenvalue weighted by atomic mass is 10.2. The maximum absolute atomic E-state index is 12.9. The molecule has 3 N–H and O–H groups in total. The van der Waals surface area contributed by atoms with Crippen LogP contribution in [0.4, 0.5) is 34.1 Å². The third kappa shape index (κ3) is 8.19. The average molecular weight is 436 g/mol. The SMILES string of the molecule is CCCCNC(=O)NCCCN(C(=O)Nc1cccc(C(F)(F)F)c1)c1ccccc1. The molecule has 9 heteroatoms. The zero-order valence-electron chi connectivity index (χ0n) is 17.3. The fraction of sp³-hybridized carbons (Fsp3) is 0.364. The fourth-order valence-corrected chi connectivity index (χ4v) is 2.80. The molecule has 31 heavy (non-hydrogen) atoms. The molecule has 4 amide bonds. The fourth-order valence-electron chi connectivity index (χ4n) is 2.80. The number of anilines is 2. The van der Waals surface area contributed by atoms with Crippen molar-refractivity contribution < 1.29 is 22.8 Å². The molecule has 0 saturated heterocycles. The zero-order valence-corrected chi connectivity index (χ0v) is 17.3. The van der Waals surface area contributed by atoms with Crippen LogP contribution < -0.4 is 20.9 Å². The van der Waals surface area contributed by atoms with Gasteiger partial charge in [-0.05, 0) is 43.2 Å². The predicted octanol–water partition coefficient (Wildman–Crippen LogP) is 5.23. The second-order valence-electron chi connectivity index (χ2n) is 6.89. The molecule has 0 bridgehead atoms. The number of urea groups is 2. The van der Waals surface area contributed by atoms with E-state index in [0.717, 1.165) is 25.0 Å². The van der Waals surface area contributed by atoms with Crippen molar-refractivity contribution in [1.29, 1.82) is 0 Å². The Hall–Kier alpha value is -3.23. The topological polar surface area (TPSA) is 73.5 Å². The van der Waals surface area contributed by atoms with Crippen LogP contribution in [0.2, 0.25) is 0 Å². The lowest BCUT2D eigenvalue weighted by Crippen LogP contribution is -2.39. The Morgan fingerprint density at radius 2 is 1.61 bits per heavy atom. The Kier molecular flexibility index (Phi) is 9.17. The maximum atomic E-state index is 12.9. The van der Waals surface area contributed by atoms with E-state index in [2.05, 4.69) is 16.0 Å². The van der Waals surface area contributed by atoms with Gasteiger partial charge in [-0.25, -0.2) is 9.59 Å². The van der Waals surface area contributed by atoms with Gasteiger partial charge in [0.1, 0.15) is 0 Å². The first-order valence-corrected chi connectivity index (χ1v) is 10.1. The number of nitrogens with one attached hydrogen (secondary N) is 3. The normalized spacial score (nSPS) is 11.0. The Bertz CT molecular complexity index is 844. The van der Waals surface area contributed by atoms with E-state index < -0.39 is 17.8 Å². The molecule has 0 atom stereocenters. The summed E-state index contributed by atoms with van der Waals surface area (Å²) in [5.41, 5.74) is -0.191. The van der Waals surface area contributed by atoms with Crippen LogP contribution in [-0.4, -0.2) is 31.7 Å². The molecule has 0 spiro atoms. The largest absolute Gasteiger partial charge is 0.416 e. The van der Waals surface area contributed by atoms with Gasteiger partial charge in [0, 0.05) is 31.0 Å². The van der Waals surface area contributed by atoms with Gasteiger partial charge >= 0.3 is 18.2 Å². The van der Waals surface area contributed by atoms with Gasteiger partial charge in [0.2, 0.25) is 0 Å². The summed E-state index contributed by atoms with van der Waals surface area (Å²) in [5, 5.41) is 7.99. The van der Waals surface area contributed by atoms with Crippen molar-refractivity contribution in [2.75, 3.05) is 29.9 Å². The van der Waals surface area contributed by atoms with Crippen molar-refractivity contribution in [3.8, 4) is 0 Å². The van der Waals surface area contributed by atoms with Crippen LogP contribution in [0.3, 0.4) is 0 Å². The van der Waals surface area contributed by atoms with Crippen LogP contribution in [0.1, 0.15) is 31.7 Å². The van der Waals surface area contributed by atoms with Gasteiger partial charge < -0.3 is 16.0 Å². The first-order chi connectivity index (χ1) is 14.8. The molecular weight excluding hydrogens is 409 g/mol. The van der Waals surface area contributed by atoms with Crippen molar-refractivity contribution in [2.24, 2.45) is 0 Å². The van der Waals surface area contributed by atoms with Gasteiger partial charge in [0.05, 0.1) is 5.56 Å².